The van der Waals surface area contributed by atoms with Gasteiger partial charge in [0.2, 0.25) is 5.91 Å². The van der Waals surface area contributed by atoms with Crippen LogP contribution in [0.3, 0.4) is 0 Å². The maximum Gasteiger partial charge on any atom is 0.238 e. The number of anilines is 1. The fraction of sp³-hybridized carbons (Fsp3) is 0.188. The molecule has 2 N–H and O–H groups in total. The number of carbonyl (C=O) groups is 1. The first-order valence-electron chi connectivity index (χ1n) is 6.45. The lowest BCUT2D eigenvalue weighted by molar-refractivity contribution is -0.115. The van der Waals surface area contributed by atoms with Crippen molar-refractivity contribution in [1.29, 1.82) is 0 Å². The molecule has 3 nitrogen and oxygen atoms in total. The Labute approximate surface area is 127 Å². The molecule has 2 aromatic rings. The van der Waals surface area contributed by atoms with Crippen molar-refractivity contribution in [3.8, 4) is 0 Å². The summed E-state index contributed by atoms with van der Waals surface area (Å²) in [5.74, 6) is -0.0461. The molecule has 0 radical (unpaired) electrons. The molecular weight excluding hydrogens is 316 g/mol. The molecular formula is C16H17BrN2O. The number of rotatable bonds is 5. The maximum atomic E-state index is 11.8. The van der Waals surface area contributed by atoms with Crippen molar-refractivity contribution in [2.75, 3.05) is 11.9 Å². The highest BCUT2D eigenvalue weighted by molar-refractivity contribution is 9.10. The van der Waals surface area contributed by atoms with Crippen LogP contribution in [0.4, 0.5) is 5.69 Å². The molecule has 0 saturated carbocycles. The number of benzene rings is 2. The number of carbonyl (C=O) groups excluding carboxylic acids is 1. The van der Waals surface area contributed by atoms with E-state index in [2.05, 4.69) is 57.8 Å². The zero-order valence-corrected chi connectivity index (χ0v) is 12.9. The molecule has 0 aliphatic heterocycles. The van der Waals surface area contributed by atoms with Gasteiger partial charge in [-0.1, -0.05) is 51.8 Å². The van der Waals surface area contributed by atoms with E-state index in [1.165, 1.54) is 11.1 Å². The average molecular weight is 333 g/mol. The molecule has 0 aliphatic rings. The smallest absolute Gasteiger partial charge is 0.238 e. The molecule has 0 spiro atoms. The molecule has 1 amide bonds. The predicted molar refractivity (Wildman–Crippen MR) is 85.7 cm³/mol. The molecule has 0 atom stereocenters. The van der Waals surface area contributed by atoms with E-state index >= 15 is 0 Å². The van der Waals surface area contributed by atoms with Gasteiger partial charge in [0.05, 0.1) is 6.54 Å². The van der Waals surface area contributed by atoms with Crippen molar-refractivity contribution in [2.45, 2.75) is 13.5 Å². The van der Waals surface area contributed by atoms with Gasteiger partial charge in [-0.05, 0) is 30.7 Å². The first kappa shape index (κ1) is 14.8. The van der Waals surface area contributed by atoms with E-state index < -0.39 is 0 Å². The summed E-state index contributed by atoms with van der Waals surface area (Å²) < 4.78 is 0.947. The Morgan fingerprint density at radius 1 is 1.15 bits per heavy atom. The molecule has 0 aliphatic carbocycles. The minimum absolute atomic E-state index is 0.0461. The van der Waals surface area contributed by atoms with Crippen molar-refractivity contribution in [1.82, 2.24) is 5.32 Å². The van der Waals surface area contributed by atoms with Crippen LogP contribution in [0.1, 0.15) is 11.1 Å². The minimum atomic E-state index is -0.0461. The molecule has 4 heteroatoms. The summed E-state index contributed by atoms with van der Waals surface area (Å²) >= 11 is 3.37. The highest BCUT2D eigenvalue weighted by atomic mass is 79.9. The van der Waals surface area contributed by atoms with Gasteiger partial charge in [0, 0.05) is 16.7 Å². The molecule has 0 bridgehead atoms. The first-order valence-corrected chi connectivity index (χ1v) is 7.24. The van der Waals surface area contributed by atoms with Crippen LogP contribution in [-0.4, -0.2) is 12.5 Å². The Hall–Kier alpha value is -1.65. The Kier molecular flexibility index (Phi) is 5.32. The summed E-state index contributed by atoms with van der Waals surface area (Å²) in [6.07, 6.45) is 0. The monoisotopic (exact) mass is 332 g/mol. The summed E-state index contributed by atoms with van der Waals surface area (Å²) in [6, 6.07) is 15.8. The topological polar surface area (TPSA) is 41.1 Å². The van der Waals surface area contributed by atoms with Crippen LogP contribution in [-0.2, 0) is 11.3 Å². The van der Waals surface area contributed by atoms with E-state index in [1.54, 1.807) is 0 Å². The molecule has 20 heavy (non-hydrogen) atoms. The van der Waals surface area contributed by atoms with Crippen LogP contribution in [0.15, 0.2) is 53.0 Å². The van der Waals surface area contributed by atoms with Crippen molar-refractivity contribution < 1.29 is 4.79 Å². The zero-order chi connectivity index (χ0) is 14.4. The second-order valence-corrected chi connectivity index (χ2v) is 5.56. The molecule has 0 aromatic heterocycles. The number of amides is 1. The molecule has 0 heterocycles. The Balaban J connectivity index is 1.76. The van der Waals surface area contributed by atoms with Gasteiger partial charge in [-0.25, -0.2) is 0 Å². The van der Waals surface area contributed by atoms with Crippen molar-refractivity contribution in [3.63, 3.8) is 0 Å². The van der Waals surface area contributed by atoms with Gasteiger partial charge < -0.3 is 10.6 Å². The Morgan fingerprint density at radius 2 is 1.90 bits per heavy atom. The Bertz CT molecular complexity index is 581. The van der Waals surface area contributed by atoms with E-state index in [0.717, 1.165) is 10.2 Å². The van der Waals surface area contributed by atoms with E-state index in [-0.39, 0.29) is 5.91 Å². The van der Waals surface area contributed by atoms with Gasteiger partial charge in [-0.15, -0.1) is 0 Å². The molecule has 0 saturated heterocycles. The normalized spacial score (nSPS) is 10.3. The largest absolute Gasteiger partial charge is 0.325 e. The second kappa shape index (κ2) is 7.22. The van der Waals surface area contributed by atoms with Gasteiger partial charge in [0.25, 0.3) is 0 Å². The van der Waals surface area contributed by atoms with Crippen LogP contribution >= 0.6 is 15.9 Å². The van der Waals surface area contributed by atoms with Crippen LogP contribution in [0.2, 0.25) is 0 Å². The summed E-state index contributed by atoms with van der Waals surface area (Å²) in [4.78, 5) is 11.8. The lowest BCUT2D eigenvalue weighted by Gasteiger charge is -2.07. The number of nitrogens with one attached hydrogen (secondary N) is 2. The van der Waals surface area contributed by atoms with Crippen LogP contribution in [0.5, 0.6) is 0 Å². The van der Waals surface area contributed by atoms with E-state index in [0.29, 0.717) is 13.1 Å². The predicted octanol–water partition coefficient (Wildman–Crippen LogP) is 3.49. The summed E-state index contributed by atoms with van der Waals surface area (Å²) in [6.45, 7) is 3.04. The highest BCUT2D eigenvalue weighted by Crippen LogP contribution is 2.15. The van der Waals surface area contributed by atoms with E-state index in [9.17, 15) is 4.79 Å². The fourth-order valence-corrected chi connectivity index (χ4v) is 2.20. The zero-order valence-electron chi connectivity index (χ0n) is 11.3. The molecule has 2 rings (SSSR count). The van der Waals surface area contributed by atoms with Gasteiger partial charge in [0.15, 0.2) is 0 Å². The molecule has 2 aromatic carbocycles. The van der Waals surface area contributed by atoms with Gasteiger partial charge in [-0.2, -0.15) is 0 Å². The SMILES string of the molecule is Cc1ccc(CNCC(=O)Nc2cccc(Br)c2)cc1. The third-order valence-corrected chi connectivity index (χ3v) is 3.34. The lowest BCUT2D eigenvalue weighted by Crippen LogP contribution is -2.27. The van der Waals surface area contributed by atoms with Crippen LogP contribution in [0, 0.1) is 6.92 Å². The van der Waals surface area contributed by atoms with Crippen molar-refractivity contribution >= 4 is 27.5 Å². The fourth-order valence-electron chi connectivity index (χ4n) is 1.80. The third kappa shape index (κ3) is 4.79. The second-order valence-electron chi connectivity index (χ2n) is 4.65. The average Bonchev–Trinajstić information content (AvgIpc) is 2.41. The number of halogens is 1. The first-order chi connectivity index (χ1) is 9.63. The van der Waals surface area contributed by atoms with Gasteiger partial charge in [0.1, 0.15) is 0 Å². The number of hydrogen-bond acceptors (Lipinski definition) is 2. The van der Waals surface area contributed by atoms with E-state index in [4.69, 9.17) is 0 Å². The minimum Gasteiger partial charge on any atom is -0.325 e. The summed E-state index contributed by atoms with van der Waals surface area (Å²) in [7, 11) is 0. The maximum absolute atomic E-state index is 11.8. The van der Waals surface area contributed by atoms with Gasteiger partial charge in [-0.3, -0.25) is 4.79 Å². The van der Waals surface area contributed by atoms with Crippen LogP contribution < -0.4 is 10.6 Å². The third-order valence-electron chi connectivity index (χ3n) is 2.84. The molecule has 104 valence electrons. The standard InChI is InChI=1S/C16H17BrN2O/c1-12-5-7-13(8-6-12)10-18-11-16(20)19-15-4-2-3-14(17)9-15/h2-9,18H,10-11H2,1H3,(H,19,20). The number of hydrogen-bond donors (Lipinski definition) is 2. The quantitative estimate of drug-likeness (QED) is 0.879. The Morgan fingerprint density at radius 3 is 2.60 bits per heavy atom. The summed E-state index contributed by atoms with van der Waals surface area (Å²) in [5.41, 5.74) is 3.20. The van der Waals surface area contributed by atoms with Gasteiger partial charge >= 0.3 is 0 Å². The highest BCUT2D eigenvalue weighted by Gasteiger charge is 2.02. The molecule has 0 unspecified atom stereocenters. The van der Waals surface area contributed by atoms with Crippen molar-refractivity contribution in [2.24, 2.45) is 0 Å². The van der Waals surface area contributed by atoms with E-state index in [1.807, 2.05) is 24.3 Å². The molecule has 0 fully saturated rings. The van der Waals surface area contributed by atoms with Crippen LogP contribution in [0.25, 0.3) is 0 Å². The summed E-state index contributed by atoms with van der Waals surface area (Å²) in [5, 5.41) is 5.98. The van der Waals surface area contributed by atoms with Crippen molar-refractivity contribution in [3.05, 3.63) is 64.1 Å². The number of aryl methyl sites for hydroxylation is 1. The lowest BCUT2D eigenvalue weighted by atomic mass is 10.1.